The molecule has 0 saturated heterocycles. The molecule has 3 nitrogen and oxygen atoms in total. The summed E-state index contributed by atoms with van der Waals surface area (Å²) in [7, 11) is 0. The highest BCUT2D eigenvalue weighted by Gasteiger charge is 2.16. The minimum absolute atomic E-state index is 0.00444. The summed E-state index contributed by atoms with van der Waals surface area (Å²) >= 11 is 0. The Kier molecular flexibility index (Phi) is 1.75. The number of carbonyl (C=O) groups excluding carboxylic acids is 1. The predicted octanol–water partition coefficient (Wildman–Crippen LogP) is 1.44. The standard InChI is InChI=1S/C10H8N2O/c11-6-8-3-1-2-7-4-5-9(13)12-10(7)8/h1-3H,4-5H2,(H,12,13). The van der Waals surface area contributed by atoms with E-state index in [4.69, 9.17) is 5.26 Å². The van der Waals surface area contributed by atoms with Crippen molar-refractivity contribution < 1.29 is 4.79 Å². The quantitative estimate of drug-likeness (QED) is 0.643. The third kappa shape index (κ3) is 1.27. The number of rotatable bonds is 0. The average Bonchev–Trinajstić information content (AvgIpc) is 2.17. The number of anilines is 1. The van der Waals surface area contributed by atoms with Crippen molar-refractivity contribution in [1.29, 1.82) is 5.26 Å². The van der Waals surface area contributed by atoms with E-state index in [1.807, 2.05) is 12.1 Å². The molecule has 0 aromatic heterocycles. The molecule has 0 fully saturated rings. The molecule has 64 valence electrons. The zero-order valence-electron chi connectivity index (χ0n) is 7.00. The van der Waals surface area contributed by atoms with Crippen LogP contribution in [-0.4, -0.2) is 5.91 Å². The van der Waals surface area contributed by atoms with Gasteiger partial charge in [0, 0.05) is 6.42 Å². The van der Waals surface area contributed by atoms with Crippen molar-refractivity contribution in [2.24, 2.45) is 0 Å². The van der Waals surface area contributed by atoms with Crippen LogP contribution in [0.1, 0.15) is 17.5 Å². The van der Waals surface area contributed by atoms with Gasteiger partial charge in [0.05, 0.1) is 11.3 Å². The number of benzene rings is 1. The van der Waals surface area contributed by atoms with Crippen LogP contribution in [0.15, 0.2) is 18.2 Å². The number of hydrogen-bond donors (Lipinski definition) is 1. The first-order valence-corrected chi connectivity index (χ1v) is 4.13. The van der Waals surface area contributed by atoms with E-state index in [1.165, 1.54) is 0 Å². The van der Waals surface area contributed by atoms with Gasteiger partial charge in [-0.2, -0.15) is 5.26 Å². The molecule has 0 saturated carbocycles. The Morgan fingerprint density at radius 2 is 2.23 bits per heavy atom. The molecule has 1 N–H and O–H groups in total. The van der Waals surface area contributed by atoms with Crippen LogP contribution >= 0.6 is 0 Å². The molecule has 0 bridgehead atoms. The van der Waals surface area contributed by atoms with Crippen molar-refractivity contribution in [2.75, 3.05) is 5.32 Å². The highest BCUT2D eigenvalue weighted by atomic mass is 16.1. The van der Waals surface area contributed by atoms with Gasteiger partial charge in [-0.25, -0.2) is 0 Å². The van der Waals surface area contributed by atoms with E-state index >= 15 is 0 Å². The second-order valence-corrected chi connectivity index (χ2v) is 3.00. The summed E-state index contributed by atoms with van der Waals surface area (Å²) < 4.78 is 0. The molecular formula is C10H8N2O. The number of aryl methyl sites for hydroxylation is 1. The van der Waals surface area contributed by atoms with E-state index < -0.39 is 0 Å². The van der Waals surface area contributed by atoms with Gasteiger partial charge in [-0.05, 0) is 18.1 Å². The SMILES string of the molecule is N#Cc1cccc2c1NC(=O)CC2. The molecule has 1 aromatic rings. The second-order valence-electron chi connectivity index (χ2n) is 3.00. The molecule has 1 amide bonds. The molecule has 1 heterocycles. The van der Waals surface area contributed by atoms with Crippen LogP contribution < -0.4 is 5.32 Å². The molecule has 13 heavy (non-hydrogen) atoms. The van der Waals surface area contributed by atoms with Crippen molar-refractivity contribution in [3.8, 4) is 6.07 Å². The first kappa shape index (κ1) is 7.81. The first-order valence-electron chi connectivity index (χ1n) is 4.13. The topological polar surface area (TPSA) is 52.9 Å². The summed E-state index contributed by atoms with van der Waals surface area (Å²) in [6.45, 7) is 0. The Bertz CT molecular complexity index is 404. The van der Waals surface area contributed by atoms with Crippen molar-refractivity contribution in [3.63, 3.8) is 0 Å². The molecule has 1 aliphatic heterocycles. The van der Waals surface area contributed by atoms with Crippen LogP contribution in [0, 0.1) is 11.3 Å². The minimum atomic E-state index is -0.00444. The highest BCUT2D eigenvalue weighted by Crippen LogP contribution is 2.25. The molecule has 1 aromatic carbocycles. The van der Waals surface area contributed by atoms with Gasteiger partial charge in [-0.15, -0.1) is 0 Å². The Morgan fingerprint density at radius 3 is 3.00 bits per heavy atom. The summed E-state index contributed by atoms with van der Waals surface area (Å²) in [5.74, 6) is -0.00444. The van der Waals surface area contributed by atoms with Gasteiger partial charge in [0.15, 0.2) is 0 Å². The van der Waals surface area contributed by atoms with Crippen LogP contribution in [-0.2, 0) is 11.2 Å². The van der Waals surface area contributed by atoms with Crippen LogP contribution in [0.5, 0.6) is 0 Å². The summed E-state index contributed by atoms with van der Waals surface area (Å²) in [6, 6.07) is 7.56. The Hall–Kier alpha value is -1.82. The van der Waals surface area contributed by atoms with Crippen molar-refractivity contribution in [2.45, 2.75) is 12.8 Å². The smallest absolute Gasteiger partial charge is 0.224 e. The fourth-order valence-corrected chi connectivity index (χ4v) is 1.50. The third-order valence-electron chi connectivity index (χ3n) is 2.16. The van der Waals surface area contributed by atoms with Crippen LogP contribution in [0.2, 0.25) is 0 Å². The Labute approximate surface area is 76.0 Å². The monoisotopic (exact) mass is 172 g/mol. The maximum absolute atomic E-state index is 11.1. The molecule has 0 aliphatic carbocycles. The normalized spacial score (nSPS) is 14.2. The lowest BCUT2D eigenvalue weighted by Gasteiger charge is -2.17. The molecule has 0 spiro atoms. The van der Waals surface area contributed by atoms with Gasteiger partial charge in [0.25, 0.3) is 0 Å². The van der Waals surface area contributed by atoms with Gasteiger partial charge < -0.3 is 5.32 Å². The summed E-state index contributed by atoms with van der Waals surface area (Å²) in [6.07, 6.45) is 1.25. The lowest BCUT2D eigenvalue weighted by molar-refractivity contribution is -0.116. The Morgan fingerprint density at radius 1 is 1.38 bits per heavy atom. The number of carbonyl (C=O) groups is 1. The van der Waals surface area contributed by atoms with Crippen molar-refractivity contribution in [3.05, 3.63) is 29.3 Å². The number of para-hydroxylation sites is 1. The van der Waals surface area contributed by atoms with E-state index in [0.717, 1.165) is 12.0 Å². The lowest BCUT2D eigenvalue weighted by atomic mass is 10.00. The third-order valence-corrected chi connectivity index (χ3v) is 2.16. The fraction of sp³-hybridized carbons (Fsp3) is 0.200. The van der Waals surface area contributed by atoms with E-state index in [0.29, 0.717) is 17.7 Å². The zero-order chi connectivity index (χ0) is 9.26. The highest BCUT2D eigenvalue weighted by molar-refractivity contribution is 5.95. The number of hydrogen-bond acceptors (Lipinski definition) is 2. The van der Waals surface area contributed by atoms with E-state index in [1.54, 1.807) is 6.07 Å². The van der Waals surface area contributed by atoms with Crippen molar-refractivity contribution >= 4 is 11.6 Å². The van der Waals surface area contributed by atoms with Gasteiger partial charge in [0.2, 0.25) is 5.91 Å². The maximum Gasteiger partial charge on any atom is 0.224 e. The van der Waals surface area contributed by atoms with Gasteiger partial charge in [-0.3, -0.25) is 4.79 Å². The second kappa shape index (κ2) is 2.91. The molecule has 1 aliphatic rings. The Balaban J connectivity index is 2.54. The van der Waals surface area contributed by atoms with E-state index in [-0.39, 0.29) is 5.91 Å². The summed E-state index contributed by atoms with van der Waals surface area (Å²) in [4.78, 5) is 11.1. The predicted molar refractivity (Wildman–Crippen MR) is 48.1 cm³/mol. The molecule has 0 atom stereocenters. The maximum atomic E-state index is 11.1. The fourth-order valence-electron chi connectivity index (χ4n) is 1.50. The van der Waals surface area contributed by atoms with Gasteiger partial charge in [-0.1, -0.05) is 12.1 Å². The summed E-state index contributed by atoms with van der Waals surface area (Å²) in [5, 5.41) is 11.5. The van der Waals surface area contributed by atoms with Crippen molar-refractivity contribution in [1.82, 2.24) is 0 Å². The summed E-state index contributed by atoms with van der Waals surface area (Å²) in [5.41, 5.74) is 2.30. The number of amides is 1. The van der Waals surface area contributed by atoms with Crippen LogP contribution in [0.25, 0.3) is 0 Å². The molecule has 3 heteroatoms. The van der Waals surface area contributed by atoms with Crippen LogP contribution in [0.3, 0.4) is 0 Å². The van der Waals surface area contributed by atoms with E-state index in [2.05, 4.69) is 11.4 Å². The number of fused-ring (bicyclic) bond motifs is 1. The lowest BCUT2D eigenvalue weighted by Crippen LogP contribution is -2.19. The van der Waals surface area contributed by atoms with Crippen LogP contribution in [0.4, 0.5) is 5.69 Å². The molecular weight excluding hydrogens is 164 g/mol. The number of nitriles is 1. The largest absolute Gasteiger partial charge is 0.325 e. The van der Waals surface area contributed by atoms with E-state index in [9.17, 15) is 4.79 Å². The van der Waals surface area contributed by atoms with Gasteiger partial charge in [0.1, 0.15) is 6.07 Å². The molecule has 0 unspecified atom stereocenters. The molecule has 2 rings (SSSR count). The average molecular weight is 172 g/mol. The first-order chi connectivity index (χ1) is 6.31. The minimum Gasteiger partial charge on any atom is -0.325 e. The number of nitrogens with one attached hydrogen (secondary N) is 1. The van der Waals surface area contributed by atoms with Gasteiger partial charge >= 0.3 is 0 Å². The molecule has 0 radical (unpaired) electrons. The number of nitrogens with zero attached hydrogens (tertiary/aromatic N) is 1. The zero-order valence-corrected chi connectivity index (χ0v) is 7.00.